The Hall–Kier alpha value is -3.90. The van der Waals surface area contributed by atoms with Crippen molar-refractivity contribution in [3.63, 3.8) is 0 Å². The number of fused-ring (bicyclic) bond motifs is 5. The van der Waals surface area contributed by atoms with Gasteiger partial charge in [0.2, 0.25) is 5.88 Å². The van der Waals surface area contributed by atoms with E-state index in [1.54, 1.807) is 6.07 Å². The first-order valence-electron chi connectivity index (χ1n) is 15.6. The Labute approximate surface area is 257 Å². The third-order valence-corrected chi connectivity index (χ3v) is 10.1. The molecule has 12 heteroatoms. The predicted molar refractivity (Wildman–Crippen MR) is 162 cm³/mol. The summed E-state index contributed by atoms with van der Waals surface area (Å²) in [6.07, 6.45) is 2.39. The van der Waals surface area contributed by atoms with Crippen molar-refractivity contribution >= 4 is 27.5 Å². The number of aryl methyl sites for hydroxylation is 1. The number of phenolic OH excluding ortho intramolecular Hbond substituents is 1. The highest BCUT2D eigenvalue weighted by Gasteiger charge is 2.49. The zero-order valence-corrected chi connectivity index (χ0v) is 25.2. The summed E-state index contributed by atoms with van der Waals surface area (Å²) in [4.78, 5) is 18.2. The number of phenols is 1. The molecule has 4 fully saturated rings. The van der Waals surface area contributed by atoms with Crippen LogP contribution in [-0.2, 0) is 11.2 Å². The fourth-order valence-electron chi connectivity index (χ4n) is 8.04. The number of alkyl halides is 1. The van der Waals surface area contributed by atoms with E-state index in [0.29, 0.717) is 54.7 Å². The second-order valence-corrected chi connectivity index (χ2v) is 12.7. The van der Waals surface area contributed by atoms with Gasteiger partial charge in [-0.25, -0.2) is 18.2 Å². The summed E-state index contributed by atoms with van der Waals surface area (Å²) in [5.41, 5.74) is -0.0534. The van der Waals surface area contributed by atoms with Crippen molar-refractivity contribution in [1.82, 2.24) is 19.9 Å². The van der Waals surface area contributed by atoms with Crippen LogP contribution in [0, 0.1) is 11.6 Å². The zero-order valence-electron chi connectivity index (χ0n) is 25.2. The summed E-state index contributed by atoms with van der Waals surface area (Å²) in [5, 5.41) is 11.9. The maximum Gasteiger partial charge on any atom is 0.319 e. The number of halogens is 3. The van der Waals surface area contributed by atoms with Crippen LogP contribution in [0.5, 0.6) is 17.6 Å². The molecular weight excluding hydrogens is 587 g/mol. The normalized spacial score (nSPS) is 26.0. The highest BCUT2D eigenvalue weighted by Crippen LogP contribution is 2.45. The standard InChI is InChI=1S/C33H34F3N5O4/c1-3-22-24(35)6-5-17-9-20(42)11-23(25(17)22)28-27(36)29-26(31(37-28)43-2)30(41-14-21-10-19(41)15-44-21)39-32(38-29)45-16-33-7-4-8-40(33)13-18(34)12-33/h5-6,9,11,18-19,21,42H,3-4,7-8,10,12-16H2,1-2H3/t18-,19-,21-,33+/m1/s1. The number of morpholine rings is 1. The fraction of sp³-hybridized carbons (Fsp3) is 0.485. The summed E-state index contributed by atoms with van der Waals surface area (Å²) in [5.74, 6) is -0.801. The number of nitrogens with zero attached hydrogens (tertiary/aromatic N) is 5. The van der Waals surface area contributed by atoms with Gasteiger partial charge in [0, 0.05) is 25.1 Å². The molecule has 236 valence electrons. The lowest BCUT2D eigenvalue weighted by Gasteiger charge is -2.31. The molecule has 6 heterocycles. The number of pyridine rings is 1. The monoisotopic (exact) mass is 621 g/mol. The Bertz CT molecular complexity index is 1840. The average Bonchev–Trinajstić information content (AvgIpc) is 3.81. The quantitative estimate of drug-likeness (QED) is 0.294. The maximum atomic E-state index is 17.0. The molecule has 45 heavy (non-hydrogen) atoms. The average molecular weight is 622 g/mol. The van der Waals surface area contributed by atoms with Gasteiger partial charge in [0.05, 0.1) is 31.4 Å². The first-order valence-corrected chi connectivity index (χ1v) is 15.6. The van der Waals surface area contributed by atoms with E-state index in [9.17, 15) is 9.50 Å². The van der Waals surface area contributed by atoms with Crippen molar-refractivity contribution in [2.75, 3.05) is 44.9 Å². The molecule has 0 spiro atoms. The summed E-state index contributed by atoms with van der Waals surface area (Å²) in [6, 6.07) is 5.80. The van der Waals surface area contributed by atoms with E-state index < -0.39 is 23.3 Å². The molecule has 0 saturated carbocycles. The highest BCUT2D eigenvalue weighted by atomic mass is 19.1. The number of rotatable bonds is 7. The van der Waals surface area contributed by atoms with Gasteiger partial charge >= 0.3 is 6.01 Å². The van der Waals surface area contributed by atoms with Crippen LogP contribution in [0.15, 0.2) is 24.3 Å². The van der Waals surface area contributed by atoms with Crippen LogP contribution in [0.3, 0.4) is 0 Å². The smallest absolute Gasteiger partial charge is 0.319 e. The third kappa shape index (κ3) is 4.47. The molecule has 0 unspecified atom stereocenters. The molecule has 1 N–H and O–H groups in total. The summed E-state index contributed by atoms with van der Waals surface area (Å²) in [6.45, 7) is 4.25. The first kappa shape index (κ1) is 28.6. The van der Waals surface area contributed by atoms with Crippen LogP contribution >= 0.6 is 0 Å². The lowest BCUT2D eigenvalue weighted by Crippen LogP contribution is -2.43. The maximum absolute atomic E-state index is 17.0. The zero-order chi connectivity index (χ0) is 31.0. The molecule has 2 aromatic heterocycles. The van der Waals surface area contributed by atoms with Gasteiger partial charge < -0.3 is 24.2 Å². The van der Waals surface area contributed by atoms with E-state index in [2.05, 4.69) is 19.8 Å². The Morgan fingerprint density at radius 2 is 2.00 bits per heavy atom. The topological polar surface area (TPSA) is 93.1 Å². The summed E-state index contributed by atoms with van der Waals surface area (Å²) >= 11 is 0. The van der Waals surface area contributed by atoms with E-state index in [-0.39, 0.29) is 58.6 Å². The van der Waals surface area contributed by atoms with Crippen LogP contribution in [0.1, 0.15) is 38.2 Å². The molecule has 8 rings (SSSR count). The predicted octanol–water partition coefficient (Wildman–Crippen LogP) is 5.33. The van der Waals surface area contributed by atoms with E-state index in [4.69, 9.17) is 19.2 Å². The number of benzene rings is 2. The number of anilines is 1. The molecule has 2 bridgehead atoms. The molecule has 4 saturated heterocycles. The van der Waals surface area contributed by atoms with Gasteiger partial charge in [0.25, 0.3) is 0 Å². The first-order chi connectivity index (χ1) is 21.8. The van der Waals surface area contributed by atoms with Crippen molar-refractivity contribution in [2.45, 2.75) is 62.9 Å². The lowest BCUT2D eigenvalue weighted by molar-refractivity contribution is 0.0984. The molecule has 4 atom stereocenters. The SMILES string of the molecule is CCc1c(F)ccc2cc(O)cc(-c3nc(OC)c4c(N5C[C@H]6C[C@@H]5CO6)nc(OC[C@@]56CCCN5C[C@H](F)C6)nc4c3F)c12. The Morgan fingerprint density at radius 1 is 1.13 bits per heavy atom. The summed E-state index contributed by atoms with van der Waals surface area (Å²) < 4.78 is 64.3. The van der Waals surface area contributed by atoms with Crippen molar-refractivity contribution in [3.8, 4) is 28.9 Å². The van der Waals surface area contributed by atoms with Crippen molar-refractivity contribution in [1.29, 1.82) is 0 Å². The molecular formula is C33H34F3N5O4. The molecule has 9 nitrogen and oxygen atoms in total. The van der Waals surface area contributed by atoms with E-state index >= 15 is 8.78 Å². The minimum atomic E-state index is -0.924. The van der Waals surface area contributed by atoms with Crippen molar-refractivity contribution in [2.24, 2.45) is 0 Å². The second-order valence-electron chi connectivity index (χ2n) is 12.7. The van der Waals surface area contributed by atoms with Gasteiger partial charge in [-0.15, -0.1) is 0 Å². The number of aromatic nitrogens is 3. The van der Waals surface area contributed by atoms with Gasteiger partial charge in [-0.05, 0) is 66.8 Å². The molecule has 4 aromatic rings. The van der Waals surface area contributed by atoms with Crippen molar-refractivity contribution < 1.29 is 32.5 Å². The van der Waals surface area contributed by atoms with Crippen LogP contribution in [0.2, 0.25) is 0 Å². The molecule has 2 aromatic carbocycles. The Balaban J connectivity index is 1.32. The number of ether oxygens (including phenoxy) is 3. The number of aromatic hydroxyl groups is 1. The Morgan fingerprint density at radius 3 is 2.76 bits per heavy atom. The van der Waals surface area contributed by atoms with Gasteiger partial charge in [0.1, 0.15) is 46.8 Å². The van der Waals surface area contributed by atoms with Crippen molar-refractivity contribution in [3.05, 3.63) is 41.5 Å². The molecule has 0 aliphatic carbocycles. The van der Waals surface area contributed by atoms with E-state index in [0.717, 1.165) is 25.8 Å². The number of hydrogen-bond donors (Lipinski definition) is 1. The lowest BCUT2D eigenvalue weighted by atomic mass is 9.94. The largest absolute Gasteiger partial charge is 0.508 e. The number of hydrogen-bond acceptors (Lipinski definition) is 9. The third-order valence-electron chi connectivity index (χ3n) is 10.1. The minimum Gasteiger partial charge on any atom is -0.508 e. The number of methoxy groups -OCH3 is 1. The van der Waals surface area contributed by atoms with Crippen LogP contribution in [0.4, 0.5) is 19.0 Å². The molecule has 0 radical (unpaired) electrons. The van der Waals surface area contributed by atoms with Gasteiger partial charge in [-0.1, -0.05) is 13.0 Å². The van der Waals surface area contributed by atoms with E-state index in [1.165, 1.54) is 25.3 Å². The Kier molecular flexibility index (Phi) is 6.72. The van der Waals surface area contributed by atoms with Gasteiger partial charge in [-0.2, -0.15) is 9.97 Å². The minimum absolute atomic E-state index is 0.0242. The van der Waals surface area contributed by atoms with Crippen LogP contribution < -0.4 is 14.4 Å². The highest BCUT2D eigenvalue weighted by molar-refractivity contribution is 6.03. The van der Waals surface area contributed by atoms with Gasteiger partial charge in [-0.3, -0.25) is 4.90 Å². The van der Waals surface area contributed by atoms with Gasteiger partial charge in [0.15, 0.2) is 5.82 Å². The van der Waals surface area contributed by atoms with Crippen LogP contribution in [0.25, 0.3) is 32.9 Å². The van der Waals surface area contributed by atoms with E-state index in [1.807, 2.05) is 6.92 Å². The fourth-order valence-corrected chi connectivity index (χ4v) is 8.04. The molecule has 0 amide bonds. The van der Waals surface area contributed by atoms with Crippen LogP contribution in [-0.4, -0.2) is 88.8 Å². The second kappa shape index (κ2) is 10.6. The molecule has 4 aliphatic rings. The molecule has 4 aliphatic heterocycles. The summed E-state index contributed by atoms with van der Waals surface area (Å²) in [7, 11) is 1.44.